The van der Waals surface area contributed by atoms with Gasteiger partial charge in [-0.1, -0.05) is 24.3 Å². The van der Waals surface area contributed by atoms with Crippen LogP contribution in [0, 0.1) is 17.1 Å². The first kappa shape index (κ1) is 9.47. The van der Waals surface area contributed by atoms with Crippen molar-refractivity contribution in [3.8, 4) is 6.07 Å². The highest BCUT2D eigenvalue weighted by molar-refractivity contribution is 5.37. The zero-order valence-electron chi connectivity index (χ0n) is 7.42. The lowest BCUT2D eigenvalue weighted by atomic mass is 9.84. The van der Waals surface area contributed by atoms with Crippen LogP contribution in [0.2, 0.25) is 0 Å². The first-order valence-corrected chi connectivity index (χ1v) is 3.94. The third-order valence-corrected chi connectivity index (χ3v) is 2.07. The van der Waals surface area contributed by atoms with Crippen LogP contribution in [-0.4, -0.2) is 0 Å². The fourth-order valence-electron chi connectivity index (χ4n) is 1.10. The van der Waals surface area contributed by atoms with Crippen LogP contribution in [0.5, 0.6) is 0 Å². The van der Waals surface area contributed by atoms with E-state index >= 15 is 0 Å². The number of hydrogen-bond donors (Lipinski definition) is 0. The van der Waals surface area contributed by atoms with Crippen LogP contribution in [0.15, 0.2) is 36.9 Å². The van der Waals surface area contributed by atoms with Gasteiger partial charge in [-0.2, -0.15) is 5.26 Å². The molecule has 0 fully saturated rings. The number of halogens is 1. The minimum atomic E-state index is -0.939. The second-order valence-electron chi connectivity index (χ2n) is 3.00. The van der Waals surface area contributed by atoms with Crippen molar-refractivity contribution in [1.29, 1.82) is 5.26 Å². The van der Waals surface area contributed by atoms with E-state index in [0.29, 0.717) is 5.56 Å². The van der Waals surface area contributed by atoms with Crippen molar-refractivity contribution in [2.75, 3.05) is 0 Å². The highest BCUT2D eigenvalue weighted by Gasteiger charge is 2.25. The molecule has 0 heterocycles. The zero-order chi connectivity index (χ0) is 9.90. The minimum absolute atomic E-state index is 0.368. The summed E-state index contributed by atoms with van der Waals surface area (Å²) in [6.07, 6.45) is 1.45. The molecule has 0 amide bonds. The topological polar surface area (TPSA) is 23.8 Å². The highest BCUT2D eigenvalue weighted by atomic mass is 19.1. The summed E-state index contributed by atoms with van der Waals surface area (Å²) < 4.78 is 13.3. The van der Waals surface area contributed by atoms with Crippen LogP contribution in [0.1, 0.15) is 12.5 Å². The molecular weight excluding hydrogens is 165 g/mol. The molecule has 0 saturated heterocycles. The summed E-state index contributed by atoms with van der Waals surface area (Å²) >= 11 is 0. The molecule has 0 aliphatic carbocycles. The Kier molecular flexibility index (Phi) is 2.48. The predicted molar refractivity (Wildman–Crippen MR) is 49.6 cm³/mol. The Labute approximate surface area is 77.1 Å². The van der Waals surface area contributed by atoms with Crippen molar-refractivity contribution in [2.45, 2.75) is 12.3 Å². The number of rotatable bonds is 2. The summed E-state index contributed by atoms with van der Waals surface area (Å²) in [6.45, 7) is 5.17. The third-order valence-electron chi connectivity index (χ3n) is 2.07. The van der Waals surface area contributed by atoms with E-state index in [1.165, 1.54) is 12.1 Å². The molecule has 2 heteroatoms. The third kappa shape index (κ3) is 1.59. The first-order chi connectivity index (χ1) is 6.14. The number of allylic oxidation sites excluding steroid dienone is 1. The van der Waals surface area contributed by atoms with E-state index in [2.05, 4.69) is 6.58 Å². The molecule has 1 rings (SSSR count). The molecule has 66 valence electrons. The van der Waals surface area contributed by atoms with Crippen LogP contribution in [-0.2, 0) is 5.41 Å². The summed E-state index contributed by atoms with van der Waals surface area (Å²) in [7, 11) is 0. The second-order valence-corrected chi connectivity index (χ2v) is 3.00. The van der Waals surface area contributed by atoms with Crippen molar-refractivity contribution < 1.29 is 4.39 Å². The lowest BCUT2D eigenvalue weighted by Crippen LogP contribution is -2.17. The fourth-order valence-corrected chi connectivity index (χ4v) is 1.10. The van der Waals surface area contributed by atoms with Crippen LogP contribution in [0.3, 0.4) is 0 Å². The fraction of sp³-hybridized carbons (Fsp3) is 0.182. The summed E-state index contributed by atoms with van der Waals surface area (Å²) in [5.74, 6) is -0.369. The van der Waals surface area contributed by atoms with Gasteiger partial charge in [0.1, 0.15) is 5.82 Å². The van der Waals surface area contributed by atoms with Crippen LogP contribution >= 0.6 is 0 Å². The average Bonchev–Trinajstić information content (AvgIpc) is 2.17. The van der Waals surface area contributed by atoms with Crippen LogP contribution in [0.4, 0.5) is 4.39 Å². The van der Waals surface area contributed by atoms with Crippen molar-refractivity contribution in [3.63, 3.8) is 0 Å². The molecule has 0 saturated carbocycles. The van der Waals surface area contributed by atoms with E-state index in [-0.39, 0.29) is 5.82 Å². The van der Waals surface area contributed by atoms with Crippen molar-refractivity contribution >= 4 is 0 Å². The Morgan fingerprint density at radius 1 is 1.54 bits per heavy atom. The molecule has 0 aromatic heterocycles. The maximum atomic E-state index is 13.3. The van der Waals surface area contributed by atoms with E-state index in [1.54, 1.807) is 25.1 Å². The number of nitrogens with zero attached hydrogens (tertiary/aromatic N) is 1. The van der Waals surface area contributed by atoms with E-state index in [4.69, 9.17) is 5.26 Å². The lowest BCUT2D eigenvalue weighted by molar-refractivity contribution is 0.585. The van der Waals surface area contributed by atoms with Gasteiger partial charge in [0.15, 0.2) is 0 Å². The molecule has 0 N–H and O–H groups in total. The van der Waals surface area contributed by atoms with Crippen molar-refractivity contribution in [3.05, 3.63) is 48.3 Å². The maximum absolute atomic E-state index is 13.3. The molecule has 1 aromatic carbocycles. The lowest BCUT2D eigenvalue weighted by Gasteiger charge is -2.17. The highest BCUT2D eigenvalue weighted by Crippen LogP contribution is 2.26. The molecular formula is C11H10FN. The maximum Gasteiger partial charge on any atom is 0.128 e. The van der Waals surface area contributed by atoms with Crippen LogP contribution in [0.25, 0.3) is 0 Å². The van der Waals surface area contributed by atoms with Gasteiger partial charge >= 0.3 is 0 Å². The van der Waals surface area contributed by atoms with Gasteiger partial charge in [0.2, 0.25) is 0 Å². The smallest absolute Gasteiger partial charge is 0.128 e. The largest absolute Gasteiger partial charge is 0.207 e. The molecule has 1 nitrogen and oxygen atoms in total. The van der Waals surface area contributed by atoms with Gasteiger partial charge in [0.25, 0.3) is 0 Å². The van der Waals surface area contributed by atoms with Crippen LogP contribution < -0.4 is 0 Å². The summed E-state index contributed by atoms with van der Waals surface area (Å²) in [5.41, 5.74) is -0.571. The molecule has 0 radical (unpaired) electrons. The molecule has 0 spiro atoms. The summed E-state index contributed by atoms with van der Waals surface area (Å²) in [6, 6.07) is 8.27. The Hall–Kier alpha value is -1.62. The molecule has 1 aromatic rings. The molecule has 0 bridgehead atoms. The van der Waals surface area contributed by atoms with E-state index in [9.17, 15) is 4.39 Å². The van der Waals surface area contributed by atoms with Gasteiger partial charge in [-0.15, -0.1) is 6.58 Å². The Morgan fingerprint density at radius 2 is 2.15 bits per heavy atom. The minimum Gasteiger partial charge on any atom is -0.207 e. The van der Waals surface area contributed by atoms with Crippen molar-refractivity contribution in [1.82, 2.24) is 0 Å². The molecule has 0 aliphatic rings. The molecule has 1 unspecified atom stereocenters. The normalized spacial score (nSPS) is 14.2. The number of hydrogen-bond acceptors (Lipinski definition) is 1. The molecule has 1 atom stereocenters. The zero-order valence-corrected chi connectivity index (χ0v) is 7.42. The summed E-state index contributed by atoms with van der Waals surface area (Å²) in [5, 5.41) is 8.88. The predicted octanol–water partition coefficient (Wildman–Crippen LogP) is 2.79. The van der Waals surface area contributed by atoms with Gasteiger partial charge < -0.3 is 0 Å². The van der Waals surface area contributed by atoms with Gasteiger partial charge in [0, 0.05) is 5.56 Å². The molecule has 13 heavy (non-hydrogen) atoms. The monoisotopic (exact) mass is 175 g/mol. The van der Waals surface area contributed by atoms with Crippen molar-refractivity contribution in [2.24, 2.45) is 0 Å². The van der Waals surface area contributed by atoms with Gasteiger partial charge in [0.05, 0.1) is 11.5 Å². The quantitative estimate of drug-likeness (QED) is 0.634. The average molecular weight is 175 g/mol. The second kappa shape index (κ2) is 3.40. The Bertz CT molecular complexity index is 365. The Morgan fingerprint density at radius 3 is 2.62 bits per heavy atom. The molecule has 0 aliphatic heterocycles. The Balaban J connectivity index is 3.30. The SMILES string of the molecule is C=CC(C)(C#N)c1ccccc1F. The standard InChI is InChI=1S/C11H10FN/c1-3-11(2,8-13)9-6-4-5-7-10(9)12/h3-7H,1H2,2H3. The van der Waals surface area contributed by atoms with Gasteiger partial charge in [-0.05, 0) is 13.0 Å². The summed E-state index contributed by atoms with van der Waals surface area (Å²) in [4.78, 5) is 0. The van der Waals surface area contributed by atoms with E-state index < -0.39 is 5.41 Å². The van der Waals surface area contributed by atoms with Gasteiger partial charge in [-0.3, -0.25) is 0 Å². The van der Waals surface area contributed by atoms with Gasteiger partial charge in [-0.25, -0.2) is 4.39 Å². The first-order valence-electron chi connectivity index (χ1n) is 3.94. The van der Waals surface area contributed by atoms with E-state index in [1.807, 2.05) is 6.07 Å². The number of nitriles is 1. The van der Waals surface area contributed by atoms with E-state index in [0.717, 1.165) is 0 Å². The number of benzene rings is 1.